The molecule has 1 heterocycles. The van der Waals surface area contributed by atoms with Gasteiger partial charge in [0.05, 0.1) is 13.2 Å². The first-order valence-corrected chi connectivity index (χ1v) is 5.01. The number of ether oxygens (including phenoxy) is 2. The summed E-state index contributed by atoms with van der Waals surface area (Å²) >= 11 is 0. The Morgan fingerprint density at radius 1 is 0.933 bits per heavy atom. The summed E-state index contributed by atoms with van der Waals surface area (Å²) in [5.74, 6) is -0.784. The van der Waals surface area contributed by atoms with Crippen molar-refractivity contribution in [2.75, 3.05) is 13.2 Å². The van der Waals surface area contributed by atoms with Crippen LogP contribution in [0.25, 0.3) is 0 Å². The molecule has 88 valence electrons. The van der Waals surface area contributed by atoms with Gasteiger partial charge in [-0.2, -0.15) is 13.2 Å². The number of halogens is 3. The minimum atomic E-state index is -4.34. The van der Waals surface area contributed by atoms with Crippen LogP contribution in [0.4, 0.5) is 13.2 Å². The summed E-state index contributed by atoms with van der Waals surface area (Å²) in [6, 6.07) is 0. The van der Waals surface area contributed by atoms with E-state index in [-0.39, 0.29) is 25.7 Å². The van der Waals surface area contributed by atoms with Crippen LogP contribution in [0.2, 0.25) is 0 Å². The van der Waals surface area contributed by atoms with Crippen molar-refractivity contribution < 1.29 is 22.6 Å². The summed E-state index contributed by atoms with van der Waals surface area (Å²) in [7, 11) is 0. The first kappa shape index (κ1) is 11.2. The molecule has 0 amide bonds. The van der Waals surface area contributed by atoms with Gasteiger partial charge in [0.2, 0.25) is 0 Å². The van der Waals surface area contributed by atoms with Gasteiger partial charge in [-0.3, -0.25) is 0 Å². The van der Waals surface area contributed by atoms with Gasteiger partial charge < -0.3 is 15.2 Å². The molecule has 1 aliphatic heterocycles. The summed E-state index contributed by atoms with van der Waals surface area (Å²) < 4.78 is 48.5. The highest BCUT2D eigenvalue weighted by Crippen LogP contribution is 2.45. The van der Waals surface area contributed by atoms with Crippen molar-refractivity contribution in [3.8, 4) is 0 Å². The minimum Gasteiger partial charge on any atom is -0.348 e. The molecular weight excluding hydrogens is 211 g/mol. The third-order valence-electron chi connectivity index (χ3n) is 3.28. The molecule has 1 spiro atoms. The van der Waals surface area contributed by atoms with Crippen molar-refractivity contribution in [2.24, 2.45) is 5.73 Å². The molecule has 3 nitrogen and oxygen atoms in total. The molecule has 2 rings (SSSR count). The largest absolute Gasteiger partial charge is 0.406 e. The van der Waals surface area contributed by atoms with Crippen molar-refractivity contribution in [3.63, 3.8) is 0 Å². The highest BCUT2D eigenvalue weighted by molar-refractivity contribution is 4.99. The minimum absolute atomic E-state index is 0.128. The molecule has 0 aromatic heterocycles. The first-order chi connectivity index (χ1) is 6.87. The molecule has 2 N–H and O–H groups in total. The van der Waals surface area contributed by atoms with Gasteiger partial charge in [-0.1, -0.05) is 0 Å². The molecule has 2 aliphatic rings. The van der Waals surface area contributed by atoms with Gasteiger partial charge in [0, 0.05) is 12.8 Å². The molecule has 1 saturated carbocycles. The van der Waals surface area contributed by atoms with E-state index in [1.54, 1.807) is 0 Å². The van der Waals surface area contributed by atoms with Crippen LogP contribution in [0.15, 0.2) is 0 Å². The van der Waals surface area contributed by atoms with Gasteiger partial charge in [-0.15, -0.1) is 0 Å². The van der Waals surface area contributed by atoms with E-state index in [0.29, 0.717) is 13.2 Å². The lowest BCUT2D eigenvalue weighted by Crippen LogP contribution is -2.58. The van der Waals surface area contributed by atoms with Crippen LogP contribution in [0, 0.1) is 0 Å². The molecule has 1 aliphatic carbocycles. The maximum atomic E-state index is 12.6. The predicted octanol–water partition coefficient (Wildman–Crippen LogP) is 1.56. The highest BCUT2D eigenvalue weighted by atomic mass is 19.4. The van der Waals surface area contributed by atoms with E-state index in [4.69, 9.17) is 15.2 Å². The second kappa shape index (κ2) is 3.33. The number of nitrogens with two attached hydrogens (primary N) is 1. The number of rotatable bonds is 0. The van der Waals surface area contributed by atoms with Crippen molar-refractivity contribution in [1.82, 2.24) is 0 Å². The van der Waals surface area contributed by atoms with E-state index in [9.17, 15) is 13.2 Å². The number of alkyl halides is 3. The maximum Gasteiger partial charge on any atom is 0.406 e. The summed E-state index contributed by atoms with van der Waals surface area (Å²) in [5.41, 5.74) is 3.29. The summed E-state index contributed by atoms with van der Waals surface area (Å²) in [5, 5.41) is 0. The standard InChI is InChI=1S/C9H14F3NO2/c10-9(11,12)7(13)1-3-8(4-2-7)14-5-6-15-8/h1-6,13H2. The average molecular weight is 225 g/mol. The lowest BCUT2D eigenvalue weighted by molar-refractivity contribution is -0.235. The Hall–Kier alpha value is -0.330. The molecule has 0 atom stereocenters. The Labute approximate surface area is 85.7 Å². The lowest BCUT2D eigenvalue weighted by atomic mass is 9.79. The lowest BCUT2D eigenvalue weighted by Gasteiger charge is -2.42. The van der Waals surface area contributed by atoms with Crippen LogP contribution < -0.4 is 5.73 Å². The molecule has 0 unspecified atom stereocenters. The Morgan fingerprint density at radius 3 is 1.80 bits per heavy atom. The first-order valence-electron chi connectivity index (χ1n) is 5.01. The summed E-state index contributed by atoms with van der Waals surface area (Å²) in [6.45, 7) is 0.924. The van der Waals surface area contributed by atoms with Gasteiger partial charge in [0.1, 0.15) is 5.54 Å². The van der Waals surface area contributed by atoms with E-state index >= 15 is 0 Å². The normalized spacial score (nSPS) is 29.6. The van der Waals surface area contributed by atoms with Crippen molar-refractivity contribution in [2.45, 2.75) is 43.2 Å². The maximum absolute atomic E-state index is 12.6. The third-order valence-corrected chi connectivity index (χ3v) is 3.28. The van der Waals surface area contributed by atoms with Crippen LogP contribution in [0.3, 0.4) is 0 Å². The SMILES string of the molecule is NC1(C(F)(F)F)CCC2(CC1)OCCO2. The fourth-order valence-corrected chi connectivity index (χ4v) is 2.15. The zero-order valence-corrected chi connectivity index (χ0v) is 8.27. The molecule has 0 radical (unpaired) electrons. The van der Waals surface area contributed by atoms with Crippen molar-refractivity contribution in [1.29, 1.82) is 0 Å². The van der Waals surface area contributed by atoms with Crippen LogP contribution in [-0.2, 0) is 9.47 Å². The highest BCUT2D eigenvalue weighted by Gasteiger charge is 2.56. The van der Waals surface area contributed by atoms with E-state index in [0.717, 1.165) is 0 Å². The van der Waals surface area contributed by atoms with Crippen LogP contribution in [-0.4, -0.2) is 30.7 Å². The zero-order chi connectivity index (χ0) is 11.2. The monoisotopic (exact) mass is 225 g/mol. The smallest absolute Gasteiger partial charge is 0.348 e. The van der Waals surface area contributed by atoms with Crippen LogP contribution in [0.5, 0.6) is 0 Å². The van der Waals surface area contributed by atoms with E-state index in [1.165, 1.54) is 0 Å². The molecule has 0 aromatic carbocycles. The molecule has 0 bridgehead atoms. The van der Waals surface area contributed by atoms with Crippen molar-refractivity contribution >= 4 is 0 Å². The molecule has 0 aromatic rings. The molecular formula is C9H14F3NO2. The van der Waals surface area contributed by atoms with Gasteiger partial charge in [-0.05, 0) is 12.8 Å². The fraction of sp³-hybridized carbons (Fsp3) is 1.00. The van der Waals surface area contributed by atoms with E-state index in [1.807, 2.05) is 0 Å². The Bertz CT molecular complexity index is 238. The summed E-state index contributed by atoms with van der Waals surface area (Å²) in [4.78, 5) is 0. The van der Waals surface area contributed by atoms with E-state index in [2.05, 4.69) is 0 Å². The molecule has 2 fully saturated rings. The Morgan fingerprint density at radius 2 is 1.40 bits per heavy atom. The summed E-state index contributed by atoms with van der Waals surface area (Å²) in [6.07, 6.45) is -4.15. The van der Waals surface area contributed by atoms with Crippen molar-refractivity contribution in [3.05, 3.63) is 0 Å². The average Bonchev–Trinajstić information content (AvgIpc) is 2.58. The quantitative estimate of drug-likeness (QED) is 0.680. The zero-order valence-electron chi connectivity index (χ0n) is 8.27. The third kappa shape index (κ3) is 1.86. The molecule has 6 heteroatoms. The Balaban J connectivity index is 2.02. The molecule has 1 saturated heterocycles. The van der Waals surface area contributed by atoms with Crippen LogP contribution >= 0.6 is 0 Å². The van der Waals surface area contributed by atoms with Gasteiger partial charge in [-0.25, -0.2) is 0 Å². The second-order valence-electron chi connectivity index (χ2n) is 4.26. The fourth-order valence-electron chi connectivity index (χ4n) is 2.15. The van der Waals surface area contributed by atoms with Gasteiger partial charge >= 0.3 is 6.18 Å². The van der Waals surface area contributed by atoms with Gasteiger partial charge in [0.25, 0.3) is 0 Å². The number of hydrogen-bond donors (Lipinski definition) is 1. The Kier molecular flexibility index (Phi) is 2.48. The van der Waals surface area contributed by atoms with E-state index < -0.39 is 17.5 Å². The molecule has 15 heavy (non-hydrogen) atoms. The number of hydrogen-bond acceptors (Lipinski definition) is 3. The van der Waals surface area contributed by atoms with Crippen LogP contribution in [0.1, 0.15) is 25.7 Å². The van der Waals surface area contributed by atoms with Gasteiger partial charge in [0.15, 0.2) is 5.79 Å². The predicted molar refractivity (Wildman–Crippen MR) is 46.1 cm³/mol. The topological polar surface area (TPSA) is 44.5 Å². The second-order valence-corrected chi connectivity index (χ2v) is 4.26.